The van der Waals surface area contributed by atoms with Crippen molar-refractivity contribution >= 4 is 29.5 Å². The van der Waals surface area contributed by atoms with E-state index in [1.807, 2.05) is 18.8 Å². The Morgan fingerprint density at radius 2 is 1.91 bits per heavy atom. The number of nitrogens with zero attached hydrogens (tertiary/aromatic N) is 2. The third kappa shape index (κ3) is 6.05. The zero-order valence-corrected chi connectivity index (χ0v) is 16.5. The lowest BCUT2D eigenvalue weighted by molar-refractivity contribution is 0.107. The minimum absolute atomic E-state index is 0.372. The summed E-state index contributed by atoms with van der Waals surface area (Å²) in [6.45, 7) is 4.58. The average Bonchev–Trinajstić information content (AvgIpc) is 3.08. The van der Waals surface area contributed by atoms with Crippen LogP contribution in [0.25, 0.3) is 0 Å². The van der Waals surface area contributed by atoms with Gasteiger partial charge < -0.3 is 10.6 Å². The van der Waals surface area contributed by atoms with E-state index in [-0.39, 0.29) is 0 Å². The van der Waals surface area contributed by atoms with Crippen LogP contribution in [-0.2, 0) is 0 Å². The summed E-state index contributed by atoms with van der Waals surface area (Å²) in [5.74, 6) is 4.82. The van der Waals surface area contributed by atoms with Crippen LogP contribution < -0.4 is 10.6 Å². The Labute approximate surface area is 151 Å². The highest BCUT2D eigenvalue weighted by molar-refractivity contribution is 7.99. The average molecular weight is 359 g/mol. The second-order valence-electron chi connectivity index (χ2n) is 6.58. The van der Waals surface area contributed by atoms with Crippen molar-refractivity contribution < 1.29 is 0 Å². The van der Waals surface area contributed by atoms with Gasteiger partial charge in [0.05, 0.1) is 0 Å². The van der Waals surface area contributed by atoms with Crippen LogP contribution in [0.15, 0.2) is 4.99 Å². The van der Waals surface area contributed by atoms with Crippen LogP contribution in [-0.4, -0.2) is 73.1 Å². The number of nitrogens with one attached hydrogen (secondary N) is 2. The molecule has 0 bridgehead atoms. The quantitative estimate of drug-likeness (QED) is 0.396. The minimum Gasteiger partial charge on any atom is -0.356 e. The topological polar surface area (TPSA) is 39.7 Å². The molecule has 6 heteroatoms. The predicted octanol–water partition coefficient (Wildman–Crippen LogP) is 2.66. The van der Waals surface area contributed by atoms with Gasteiger partial charge >= 0.3 is 0 Å². The Morgan fingerprint density at radius 3 is 2.57 bits per heavy atom. The first-order chi connectivity index (χ1) is 11.3. The second kappa shape index (κ2) is 10.7. The highest BCUT2D eigenvalue weighted by Gasteiger charge is 2.39. The third-order valence-electron chi connectivity index (χ3n) is 5.09. The maximum atomic E-state index is 4.41. The van der Waals surface area contributed by atoms with Gasteiger partial charge in [0, 0.05) is 50.3 Å². The molecule has 4 nitrogen and oxygen atoms in total. The fourth-order valence-electron chi connectivity index (χ4n) is 3.72. The largest absolute Gasteiger partial charge is 0.356 e. The molecule has 1 aliphatic heterocycles. The van der Waals surface area contributed by atoms with E-state index in [9.17, 15) is 0 Å². The van der Waals surface area contributed by atoms with Crippen molar-refractivity contribution in [1.29, 1.82) is 0 Å². The van der Waals surface area contributed by atoms with E-state index in [1.165, 1.54) is 68.9 Å². The number of hydrogen-bond donors (Lipinski definition) is 2. The fourth-order valence-corrected chi connectivity index (χ4v) is 5.12. The number of guanidine groups is 1. The Bertz CT molecular complexity index is 351. The Kier molecular flexibility index (Phi) is 8.98. The molecule has 0 amide bonds. The van der Waals surface area contributed by atoms with Crippen molar-refractivity contribution in [2.75, 3.05) is 56.7 Å². The maximum absolute atomic E-state index is 4.41. The molecule has 2 fully saturated rings. The first kappa shape index (κ1) is 19.3. The van der Waals surface area contributed by atoms with Crippen molar-refractivity contribution in [3.05, 3.63) is 0 Å². The summed E-state index contributed by atoms with van der Waals surface area (Å²) in [7, 11) is 1.89. The van der Waals surface area contributed by atoms with Gasteiger partial charge in [0.15, 0.2) is 5.96 Å². The van der Waals surface area contributed by atoms with Crippen LogP contribution in [0, 0.1) is 0 Å². The van der Waals surface area contributed by atoms with Crippen molar-refractivity contribution in [3.63, 3.8) is 0 Å². The van der Waals surface area contributed by atoms with E-state index in [4.69, 9.17) is 0 Å². The van der Waals surface area contributed by atoms with E-state index >= 15 is 0 Å². The van der Waals surface area contributed by atoms with E-state index < -0.39 is 0 Å². The molecular formula is C17H34N4S2. The lowest BCUT2D eigenvalue weighted by Crippen LogP contribution is -2.57. The van der Waals surface area contributed by atoms with Crippen LogP contribution in [0.4, 0.5) is 0 Å². The molecule has 134 valence electrons. The summed E-state index contributed by atoms with van der Waals surface area (Å²) in [6, 6.07) is 0. The number of aliphatic imine (C=N–C) groups is 1. The molecule has 1 heterocycles. The van der Waals surface area contributed by atoms with Gasteiger partial charge in [0.2, 0.25) is 0 Å². The van der Waals surface area contributed by atoms with Crippen LogP contribution >= 0.6 is 23.5 Å². The van der Waals surface area contributed by atoms with Gasteiger partial charge in [0.25, 0.3) is 0 Å². The van der Waals surface area contributed by atoms with Gasteiger partial charge in [0.1, 0.15) is 0 Å². The molecule has 1 aliphatic carbocycles. The first-order valence-corrected chi connectivity index (χ1v) is 11.6. The smallest absolute Gasteiger partial charge is 0.191 e. The molecule has 2 rings (SSSR count). The second-order valence-corrected chi connectivity index (χ2v) is 8.79. The Morgan fingerprint density at radius 1 is 1.17 bits per heavy atom. The summed E-state index contributed by atoms with van der Waals surface area (Å²) >= 11 is 4.03. The molecule has 1 saturated heterocycles. The molecule has 0 unspecified atom stereocenters. The van der Waals surface area contributed by atoms with E-state index in [0.717, 1.165) is 19.0 Å². The third-order valence-corrected chi connectivity index (χ3v) is 6.73. The van der Waals surface area contributed by atoms with Crippen molar-refractivity contribution in [1.82, 2.24) is 15.5 Å². The summed E-state index contributed by atoms with van der Waals surface area (Å²) in [6.07, 6.45) is 10.1. The SMILES string of the molecule is CN=C(NCCCCSC)NCC1(N2CCSCC2)CCCC1. The maximum Gasteiger partial charge on any atom is 0.191 e. The molecule has 0 aromatic carbocycles. The van der Waals surface area contributed by atoms with Crippen LogP contribution in [0.2, 0.25) is 0 Å². The monoisotopic (exact) mass is 358 g/mol. The van der Waals surface area contributed by atoms with Gasteiger partial charge in [-0.2, -0.15) is 23.5 Å². The highest BCUT2D eigenvalue weighted by atomic mass is 32.2. The zero-order chi connectivity index (χ0) is 16.4. The van der Waals surface area contributed by atoms with Gasteiger partial charge in [-0.05, 0) is 37.7 Å². The van der Waals surface area contributed by atoms with Crippen LogP contribution in [0.1, 0.15) is 38.5 Å². The fraction of sp³-hybridized carbons (Fsp3) is 0.941. The van der Waals surface area contributed by atoms with Crippen LogP contribution in [0.5, 0.6) is 0 Å². The van der Waals surface area contributed by atoms with Crippen LogP contribution in [0.3, 0.4) is 0 Å². The molecule has 0 radical (unpaired) electrons. The highest BCUT2D eigenvalue weighted by Crippen LogP contribution is 2.36. The van der Waals surface area contributed by atoms with Gasteiger partial charge in [-0.25, -0.2) is 0 Å². The summed E-state index contributed by atoms with van der Waals surface area (Å²) < 4.78 is 0. The van der Waals surface area contributed by atoms with Gasteiger partial charge in [-0.1, -0.05) is 12.8 Å². The lowest BCUT2D eigenvalue weighted by atomic mass is 9.94. The number of hydrogen-bond acceptors (Lipinski definition) is 4. The molecule has 2 N–H and O–H groups in total. The van der Waals surface area contributed by atoms with Gasteiger partial charge in [-0.3, -0.25) is 9.89 Å². The molecule has 0 aromatic heterocycles. The van der Waals surface area contributed by atoms with Crippen molar-refractivity contribution in [3.8, 4) is 0 Å². The Balaban J connectivity index is 1.78. The summed E-state index contributed by atoms with van der Waals surface area (Å²) in [5, 5.41) is 7.11. The molecule has 0 spiro atoms. The van der Waals surface area contributed by atoms with Crippen molar-refractivity contribution in [2.24, 2.45) is 4.99 Å². The lowest BCUT2D eigenvalue weighted by Gasteiger charge is -2.43. The standard InChI is InChI=1S/C17H34N4S2/c1-18-16(19-9-5-6-12-22-2)20-15-17(7-3-4-8-17)21-10-13-23-14-11-21/h3-15H2,1-2H3,(H2,18,19,20). The van der Waals surface area contributed by atoms with E-state index in [1.54, 1.807) is 0 Å². The molecule has 1 saturated carbocycles. The molecule has 0 aromatic rings. The molecule has 0 atom stereocenters. The molecule has 23 heavy (non-hydrogen) atoms. The predicted molar refractivity (Wildman–Crippen MR) is 107 cm³/mol. The first-order valence-electron chi connectivity index (χ1n) is 9.07. The van der Waals surface area contributed by atoms with E-state index in [2.05, 4.69) is 38.5 Å². The number of unbranched alkanes of at least 4 members (excludes halogenated alkanes) is 1. The summed E-state index contributed by atoms with van der Waals surface area (Å²) in [5.41, 5.74) is 0.372. The summed E-state index contributed by atoms with van der Waals surface area (Å²) in [4.78, 5) is 7.17. The van der Waals surface area contributed by atoms with Crippen molar-refractivity contribution in [2.45, 2.75) is 44.1 Å². The normalized spacial score (nSPS) is 22.3. The molecular weight excluding hydrogens is 324 g/mol. The molecule has 2 aliphatic rings. The van der Waals surface area contributed by atoms with Gasteiger partial charge in [-0.15, -0.1) is 0 Å². The van der Waals surface area contributed by atoms with E-state index in [0.29, 0.717) is 5.54 Å². The Hall–Kier alpha value is -0.0700. The number of rotatable bonds is 8. The minimum atomic E-state index is 0.372. The number of thioether (sulfide) groups is 2. The zero-order valence-electron chi connectivity index (χ0n) is 14.9.